The molecule has 0 spiro atoms. The largest absolute Gasteiger partial charge is 0.446 e. The first-order valence-corrected chi connectivity index (χ1v) is 6.71. The van der Waals surface area contributed by atoms with E-state index in [4.69, 9.17) is 0 Å². The van der Waals surface area contributed by atoms with E-state index < -0.39 is 50.3 Å². The van der Waals surface area contributed by atoms with E-state index in [1.165, 1.54) is 6.92 Å². The van der Waals surface area contributed by atoms with Crippen molar-refractivity contribution in [3.63, 3.8) is 0 Å². The fourth-order valence-electron chi connectivity index (χ4n) is 1.41. The average Bonchev–Trinajstić information content (AvgIpc) is 2.24. The molecule has 1 unspecified atom stereocenters. The van der Waals surface area contributed by atoms with Crippen molar-refractivity contribution in [3.05, 3.63) is 29.3 Å². The summed E-state index contributed by atoms with van der Waals surface area (Å²) in [4.78, 5) is 10.3. The van der Waals surface area contributed by atoms with Gasteiger partial charge in [0.15, 0.2) is 5.78 Å². The SMILES string of the molecule is CC(Br)C(=O)c1cccc(SC(F)(F)F)c1C(F)F. The van der Waals surface area contributed by atoms with Crippen molar-refractivity contribution in [2.45, 2.75) is 28.6 Å². The van der Waals surface area contributed by atoms with Crippen LogP contribution in [0.5, 0.6) is 0 Å². The van der Waals surface area contributed by atoms with Gasteiger partial charge >= 0.3 is 5.51 Å². The lowest BCUT2D eigenvalue weighted by Gasteiger charge is -2.15. The topological polar surface area (TPSA) is 17.1 Å². The van der Waals surface area contributed by atoms with E-state index in [1.807, 2.05) is 0 Å². The van der Waals surface area contributed by atoms with Gasteiger partial charge in [-0.05, 0) is 24.8 Å². The van der Waals surface area contributed by atoms with Crippen LogP contribution in [0.3, 0.4) is 0 Å². The molecule has 0 amide bonds. The Bertz CT molecular complexity index is 473. The summed E-state index contributed by atoms with van der Waals surface area (Å²) in [6.07, 6.45) is -3.16. The van der Waals surface area contributed by atoms with Gasteiger partial charge in [0.1, 0.15) is 0 Å². The van der Waals surface area contributed by atoms with Gasteiger partial charge in [-0.2, -0.15) is 13.2 Å². The fraction of sp³-hybridized carbons (Fsp3) is 0.364. The highest BCUT2D eigenvalue weighted by atomic mass is 79.9. The molecule has 1 atom stereocenters. The first kappa shape index (κ1) is 16.4. The number of thioether (sulfide) groups is 1. The van der Waals surface area contributed by atoms with Gasteiger partial charge in [0, 0.05) is 16.0 Å². The number of hydrogen-bond acceptors (Lipinski definition) is 2. The third-order valence-corrected chi connectivity index (χ3v) is 3.36. The van der Waals surface area contributed by atoms with Gasteiger partial charge in [-0.1, -0.05) is 28.1 Å². The van der Waals surface area contributed by atoms with E-state index in [2.05, 4.69) is 15.9 Å². The first-order chi connectivity index (χ1) is 8.63. The third-order valence-electron chi connectivity index (χ3n) is 2.14. The highest BCUT2D eigenvalue weighted by molar-refractivity contribution is 9.10. The predicted molar refractivity (Wildman–Crippen MR) is 66.0 cm³/mol. The molecule has 1 rings (SSSR count). The number of Topliss-reactive ketones (excluding diaryl/α,β-unsaturated/α-hetero) is 1. The van der Waals surface area contributed by atoms with Crippen LogP contribution in [0.1, 0.15) is 29.3 Å². The lowest BCUT2D eigenvalue weighted by atomic mass is 10.0. The maximum Gasteiger partial charge on any atom is 0.446 e. The van der Waals surface area contributed by atoms with Crippen LogP contribution in [0.25, 0.3) is 0 Å². The summed E-state index contributed by atoms with van der Waals surface area (Å²) in [5.41, 5.74) is -5.96. The van der Waals surface area contributed by atoms with Crippen molar-refractivity contribution in [2.24, 2.45) is 0 Å². The first-order valence-electron chi connectivity index (χ1n) is 4.98. The van der Waals surface area contributed by atoms with Crippen LogP contribution >= 0.6 is 27.7 Å². The van der Waals surface area contributed by atoms with Gasteiger partial charge in [0.2, 0.25) is 0 Å². The number of halogens is 6. The molecular formula is C11H8BrF5OS. The zero-order valence-corrected chi connectivity index (χ0v) is 11.9. The standard InChI is InChI=1S/C11H8BrF5OS/c1-5(12)9(18)6-3-2-4-7(8(6)10(13)14)19-11(15,16)17/h2-5,10H,1H3. The minimum Gasteiger partial charge on any atom is -0.293 e. The van der Waals surface area contributed by atoms with Gasteiger partial charge in [0.05, 0.1) is 4.83 Å². The van der Waals surface area contributed by atoms with Gasteiger partial charge in [-0.25, -0.2) is 8.78 Å². The van der Waals surface area contributed by atoms with Crippen LogP contribution in [-0.4, -0.2) is 16.1 Å². The Hall–Kier alpha value is -0.630. The van der Waals surface area contributed by atoms with Crippen LogP contribution in [-0.2, 0) is 0 Å². The third kappa shape index (κ3) is 4.45. The number of rotatable bonds is 4. The van der Waals surface area contributed by atoms with Crippen molar-refractivity contribution in [3.8, 4) is 0 Å². The minimum atomic E-state index is -4.69. The van der Waals surface area contributed by atoms with Crippen LogP contribution < -0.4 is 0 Å². The molecule has 0 N–H and O–H groups in total. The zero-order chi connectivity index (χ0) is 14.8. The van der Waals surface area contributed by atoms with Crippen LogP contribution in [0.4, 0.5) is 22.0 Å². The Labute approximate surface area is 118 Å². The van der Waals surface area contributed by atoms with Crippen molar-refractivity contribution in [1.82, 2.24) is 0 Å². The molecule has 0 radical (unpaired) electrons. The predicted octanol–water partition coefficient (Wildman–Crippen LogP) is 5.20. The summed E-state index contributed by atoms with van der Waals surface area (Å²) in [5.74, 6) is -0.681. The maximum atomic E-state index is 12.9. The van der Waals surface area contributed by atoms with Gasteiger partial charge in [-0.15, -0.1) is 0 Å². The van der Waals surface area contributed by atoms with Crippen LogP contribution in [0.2, 0.25) is 0 Å². The van der Waals surface area contributed by atoms with Crippen molar-refractivity contribution in [1.29, 1.82) is 0 Å². The summed E-state index contributed by atoms with van der Waals surface area (Å²) in [6.45, 7) is 1.42. The second kappa shape index (κ2) is 6.21. The summed E-state index contributed by atoms with van der Waals surface area (Å²) < 4.78 is 62.8. The smallest absolute Gasteiger partial charge is 0.293 e. The molecular weight excluding hydrogens is 355 g/mol. The van der Waals surface area contributed by atoms with E-state index in [0.29, 0.717) is 0 Å². The number of carbonyl (C=O) groups excluding carboxylic acids is 1. The number of benzene rings is 1. The Morgan fingerprint density at radius 2 is 1.89 bits per heavy atom. The maximum absolute atomic E-state index is 12.9. The summed E-state index contributed by atoms with van der Waals surface area (Å²) in [5, 5.41) is 0. The number of alkyl halides is 6. The van der Waals surface area contributed by atoms with Crippen molar-refractivity contribution >= 4 is 33.5 Å². The van der Waals surface area contributed by atoms with Gasteiger partial charge in [0.25, 0.3) is 6.43 Å². The molecule has 0 aliphatic carbocycles. The highest BCUT2D eigenvalue weighted by Crippen LogP contribution is 2.42. The second-order valence-corrected chi connectivity index (χ2v) is 6.03. The monoisotopic (exact) mass is 362 g/mol. The fourth-order valence-corrected chi connectivity index (χ4v) is 2.36. The molecule has 0 aliphatic rings. The molecule has 1 aromatic rings. The molecule has 8 heteroatoms. The minimum absolute atomic E-state index is 0.395. The van der Waals surface area contributed by atoms with E-state index in [9.17, 15) is 26.7 Å². The Kier molecular flexibility index (Phi) is 5.37. The summed E-state index contributed by atoms with van der Waals surface area (Å²) in [6, 6.07) is 3.18. The Morgan fingerprint density at radius 3 is 2.32 bits per heavy atom. The molecule has 0 bridgehead atoms. The van der Waals surface area contributed by atoms with Crippen LogP contribution in [0, 0.1) is 0 Å². The quantitative estimate of drug-likeness (QED) is 0.317. The van der Waals surface area contributed by atoms with Crippen LogP contribution in [0.15, 0.2) is 23.1 Å². The van der Waals surface area contributed by atoms with Gasteiger partial charge < -0.3 is 0 Å². The molecule has 0 fully saturated rings. The molecule has 1 nitrogen and oxygen atoms in total. The van der Waals surface area contributed by atoms with E-state index in [-0.39, 0.29) is 0 Å². The van der Waals surface area contributed by atoms with E-state index in [0.717, 1.165) is 18.2 Å². The molecule has 0 aromatic heterocycles. The second-order valence-electron chi connectivity index (χ2n) is 3.55. The molecule has 0 heterocycles. The number of hydrogen-bond donors (Lipinski definition) is 0. The highest BCUT2D eigenvalue weighted by Gasteiger charge is 2.33. The Balaban J connectivity index is 3.34. The molecule has 19 heavy (non-hydrogen) atoms. The molecule has 0 saturated heterocycles. The summed E-state index contributed by atoms with van der Waals surface area (Å²) >= 11 is 2.27. The zero-order valence-electron chi connectivity index (χ0n) is 9.47. The number of carbonyl (C=O) groups is 1. The summed E-state index contributed by atoms with van der Waals surface area (Å²) in [7, 11) is 0. The molecule has 1 aromatic carbocycles. The van der Waals surface area contributed by atoms with Crippen molar-refractivity contribution < 1.29 is 26.7 Å². The lowest BCUT2D eigenvalue weighted by molar-refractivity contribution is -0.0329. The average molecular weight is 363 g/mol. The van der Waals surface area contributed by atoms with Crippen molar-refractivity contribution in [2.75, 3.05) is 0 Å². The van der Waals surface area contributed by atoms with Gasteiger partial charge in [-0.3, -0.25) is 4.79 Å². The van der Waals surface area contributed by atoms with E-state index in [1.54, 1.807) is 0 Å². The normalized spacial score (nSPS) is 13.7. The molecule has 106 valence electrons. The molecule has 0 saturated carbocycles. The van der Waals surface area contributed by atoms with E-state index >= 15 is 0 Å². The number of ketones is 1. The Morgan fingerprint density at radius 1 is 1.32 bits per heavy atom. The lowest BCUT2D eigenvalue weighted by Crippen LogP contribution is -2.14. The molecule has 0 aliphatic heterocycles.